The van der Waals surface area contributed by atoms with Crippen LogP contribution < -0.4 is 20.7 Å². The number of benzene rings is 2. The molecule has 1 heterocycles. The van der Waals surface area contributed by atoms with Crippen LogP contribution in [0.1, 0.15) is 5.56 Å². The molecule has 0 saturated heterocycles. The van der Waals surface area contributed by atoms with Crippen molar-refractivity contribution in [3.8, 4) is 5.75 Å². The minimum Gasteiger partial charge on any atom is -0.489 e. The van der Waals surface area contributed by atoms with Crippen LogP contribution in [0.2, 0.25) is 0 Å². The molecule has 3 rings (SSSR count). The summed E-state index contributed by atoms with van der Waals surface area (Å²) in [6.45, 7) is 0.0295. The van der Waals surface area contributed by atoms with Gasteiger partial charge in [0.25, 0.3) is 0 Å². The number of nitrogens with one attached hydrogen (secondary N) is 1. The molecule has 31 heavy (non-hydrogen) atoms. The van der Waals surface area contributed by atoms with E-state index in [2.05, 4.69) is 26.2 Å². The molecule has 2 aromatic carbocycles. The Kier molecular flexibility index (Phi) is 7.24. The number of hydrogen-bond acceptors (Lipinski definition) is 5. The SMILES string of the molecule is CN1c2cc(Br)ccc2OCC(NC(=O)/N=C/C(=C\N)Cc2ccc(F)cc2F)C1O. The lowest BCUT2D eigenvalue weighted by molar-refractivity contribution is 0.110. The summed E-state index contributed by atoms with van der Waals surface area (Å²) < 4.78 is 33.4. The number of fused-ring (bicyclic) bond motifs is 1. The van der Waals surface area contributed by atoms with E-state index >= 15 is 0 Å². The van der Waals surface area contributed by atoms with Crippen molar-refractivity contribution >= 4 is 33.9 Å². The van der Waals surface area contributed by atoms with Crippen molar-refractivity contribution in [2.45, 2.75) is 18.7 Å². The lowest BCUT2D eigenvalue weighted by Gasteiger charge is -2.28. The van der Waals surface area contributed by atoms with Gasteiger partial charge in [-0.3, -0.25) is 0 Å². The van der Waals surface area contributed by atoms with Gasteiger partial charge in [-0.15, -0.1) is 0 Å². The number of carbonyl (C=O) groups excluding carboxylic acids is 1. The van der Waals surface area contributed by atoms with Gasteiger partial charge < -0.3 is 25.8 Å². The Morgan fingerprint density at radius 3 is 2.87 bits per heavy atom. The number of aliphatic hydroxyl groups excluding tert-OH is 1. The van der Waals surface area contributed by atoms with Gasteiger partial charge in [0.2, 0.25) is 0 Å². The molecule has 0 aliphatic carbocycles. The van der Waals surface area contributed by atoms with E-state index in [-0.39, 0.29) is 18.6 Å². The van der Waals surface area contributed by atoms with Gasteiger partial charge in [-0.25, -0.2) is 18.6 Å². The van der Waals surface area contributed by atoms with Crippen molar-refractivity contribution in [1.82, 2.24) is 5.32 Å². The molecule has 2 amide bonds. The fraction of sp³-hybridized carbons (Fsp3) is 0.238. The van der Waals surface area contributed by atoms with Gasteiger partial charge in [0, 0.05) is 30.2 Å². The number of urea groups is 1. The Labute approximate surface area is 186 Å². The molecular formula is C21H21BrF2N4O3. The van der Waals surface area contributed by atoms with Gasteiger partial charge in [0.15, 0.2) is 6.23 Å². The second-order valence-electron chi connectivity index (χ2n) is 6.92. The molecule has 1 aliphatic heterocycles. The molecule has 0 aromatic heterocycles. The zero-order valence-corrected chi connectivity index (χ0v) is 18.1. The second kappa shape index (κ2) is 9.88. The number of likely N-dealkylation sites (N-methyl/N-ethyl adjacent to an activating group) is 1. The largest absolute Gasteiger partial charge is 0.489 e. The molecule has 2 atom stereocenters. The number of aliphatic imine (C=N–C) groups is 1. The van der Waals surface area contributed by atoms with E-state index in [1.807, 2.05) is 6.07 Å². The lowest BCUT2D eigenvalue weighted by atomic mass is 10.1. The van der Waals surface area contributed by atoms with Crippen LogP contribution in [0.4, 0.5) is 19.3 Å². The minimum absolute atomic E-state index is 0.0292. The molecule has 2 unspecified atom stereocenters. The number of aliphatic hydroxyl groups is 1. The zero-order valence-electron chi connectivity index (χ0n) is 16.6. The third kappa shape index (κ3) is 5.59. The van der Waals surface area contributed by atoms with Crippen molar-refractivity contribution in [3.05, 3.63) is 69.8 Å². The van der Waals surface area contributed by atoms with Crippen LogP contribution in [0.3, 0.4) is 0 Å². The average Bonchev–Trinajstić information content (AvgIpc) is 2.85. The Balaban J connectivity index is 1.64. The van der Waals surface area contributed by atoms with Crippen molar-refractivity contribution in [1.29, 1.82) is 0 Å². The Hall–Kier alpha value is -2.98. The maximum absolute atomic E-state index is 13.8. The number of ether oxygens (including phenoxy) is 1. The molecule has 4 N–H and O–H groups in total. The fourth-order valence-corrected chi connectivity index (χ4v) is 3.40. The summed E-state index contributed by atoms with van der Waals surface area (Å²) in [5.41, 5.74) is 6.77. The number of halogens is 3. The Morgan fingerprint density at radius 1 is 1.39 bits per heavy atom. The van der Waals surface area contributed by atoms with Crippen molar-refractivity contribution in [2.75, 3.05) is 18.6 Å². The first-order valence-corrected chi connectivity index (χ1v) is 10.1. The quantitative estimate of drug-likeness (QED) is 0.567. The molecule has 0 radical (unpaired) electrons. The predicted octanol–water partition coefficient (Wildman–Crippen LogP) is 3.11. The van der Waals surface area contributed by atoms with E-state index in [0.29, 0.717) is 17.0 Å². The maximum atomic E-state index is 13.8. The highest BCUT2D eigenvalue weighted by Gasteiger charge is 2.30. The topological polar surface area (TPSA) is 100 Å². The van der Waals surface area contributed by atoms with E-state index in [4.69, 9.17) is 10.5 Å². The third-order valence-corrected chi connectivity index (χ3v) is 5.25. The Morgan fingerprint density at radius 2 is 2.16 bits per heavy atom. The van der Waals surface area contributed by atoms with Gasteiger partial charge >= 0.3 is 6.03 Å². The van der Waals surface area contributed by atoms with Crippen LogP contribution in [-0.4, -0.2) is 43.3 Å². The van der Waals surface area contributed by atoms with E-state index in [0.717, 1.165) is 16.6 Å². The average molecular weight is 495 g/mol. The van der Waals surface area contributed by atoms with Crippen molar-refractivity contribution in [3.63, 3.8) is 0 Å². The molecule has 1 aliphatic rings. The van der Waals surface area contributed by atoms with Gasteiger partial charge in [0.05, 0.1) is 5.69 Å². The standard InChI is InChI=1S/C21H21BrF2N4O3/c1-28-18-7-14(22)3-5-19(18)31-11-17(20(28)29)27-21(30)26-10-12(9-25)6-13-2-4-15(23)8-16(13)24/h2-5,7-10,17,20,29H,6,11,25H2,1H3,(H,27,30)/b12-9-,26-10+. The highest BCUT2D eigenvalue weighted by Crippen LogP contribution is 2.34. The lowest BCUT2D eigenvalue weighted by Crippen LogP contribution is -2.51. The second-order valence-corrected chi connectivity index (χ2v) is 7.83. The summed E-state index contributed by atoms with van der Waals surface area (Å²) in [6, 6.07) is 7.09. The normalized spacial score (nSPS) is 19.0. The first kappa shape index (κ1) is 22.7. The molecule has 164 valence electrons. The number of carbonyl (C=O) groups is 1. The molecule has 0 bridgehead atoms. The molecule has 0 fully saturated rings. The minimum atomic E-state index is -1.06. The summed E-state index contributed by atoms with van der Waals surface area (Å²) in [5.74, 6) is -0.832. The van der Waals surface area contributed by atoms with E-state index in [1.165, 1.54) is 18.5 Å². The molecule has 0 saturated carbocycles. The zero-order chi connectivity index (χ0) is 22.5. The Bertz CT molecular complexity index is 1030. The van der Waals surface area contributed by atoms with E-state index < -0.39 is 29.9 Å². The summed E-state index contributed by atoms with van der Waals surface area (Å²) in [4.78, 5) is 17.7. The van der Waals surface area contributed by atoms with Crippen LogP contribution in [0.15, 0.2) is 57.6 Å². The maximum Gasteiger partial charge on any atom is 0.341 e. The fourth-order valence-electron chi connectivity index (χ4n) is 3.05. The number of hydrogen-bond donors (Lipinski definition) is 3. The first-order valence-electron chi connectivity index (χ1n) is 9.31. The number of amides is 2. The number of rotatable bonds is 4. The van der Waals surface area contributed by atoms with Crippen LogP contribution >= 0.6 is 15.9 Å². The summed E-state index contributed by atoms with van der Waals surface area (Å²) >= 11 is 3.38. The summed E-state index contributed by atoms with van der Waals surface area (Å²) in [5, 5.41) is 13.2. The first-order chi connectivity index (χ1) is 14.8. The van der Waals surface area contributed by atoms with Crippen LogP contribution in [-0.2, 0) is 6.42 Å². The summed E-state index contributed by atoms with van der Waals surface area (Å²) in [6.07, 6.45) is 1.34. The van der Waals surface area contributed by atoms with Crippen LogP contribution in [0.25, 0.3) is 0 Å². The summed E-state index contributed by atoms with van der Waals surface area (Å²) in [7, 11) is 1.68. The van der Waals surface area contributed by atoms with E-state index in [1.54, 1.807) is 24.1 Å². The van der Waals surface area contributed by atoms with Gasteiger partial charge in [-0.2, -0.15) is 0 Å². The number of allylic oxidation sites excluding steroid dienone is 1. The number of nitrogens with zero attached hydrogens (tertiary/aromatic N) is 2. The van der Waals surface area contributed by atoms with Gasteiger partial charge in [-0.1, -0.05) is 22.0 Å². The molecule has 10 heteroatoms. The smallest absolute Gasteiger partial charge is 0.341 e. The highest BCUT2D eigenvalue weighted by molar-refractivity contribution is 9.10. The van der Waals surface area contributed by atoms with Crippen molar-refractivity contribution < 1.29 is 23.4 Å². The number of anilines is 1. The van der Waals surface area contributed by atoms with Gasteiger partial charge in [-0.05, 0) is 41.6 Å². The highest BCUT2D eigenvalue weighted by atomic mass is 79.9. The molecule has 7 nitrogen and oxygen atoms in total. The van der Waals surface area contributed by atoms with Gasteiger partial charge in [0.1, 0.15) is 30.0 Å². The molecular weight excluding hydrogens is 474 g/mol. The predicted molar refractivity (Wildman–Crippen MR) is 117 cm³/mol. The molecule has 0 spiro atoms. The van der Waals surface area contributed by atoms with Crippen molar-refractivity contribution in [2.24, 2.45) is 10.7 Å². The van der Waals surface area contributed by atoms with Crippen LogP contribution in [0, 0.1) is 11.6 Å². The third-order valence-electron chi connectivity index (χ3n) is 4.76. The molecule has 2 aromatic rings. The number of nitrogens with two attached hydrogens (primary N) is 1. The van der Waals surface area contributed by atoms with E-state index in [9.17, 15) is 18.7 Å². The monoisotopic (exact) mass is 494 g/mol. The van der Waals surface area contributed by atoms with Crippen LogP contribution in [0.5, 0.6) is 5.75 Å².